The number of hydrogen-bond donors (Lipinski definition) is 1. The van der Waals surface area contributed by atoms with E-state index in [-0.39, 0.29) is 23.4 Å². The van der Waals surface area contributed by atoms with Crippen LogP contribution in [0, 0.1) is 0 Å². The van der Waals surface area contributed by atoms with Crippen LogP contribution in [0.15, 0.2) is 0 Å². The maximum Gasteiger partial charge on any atom is 0.289 e. The third kappa shape index (κ3) is 2.33. The van der Waals surface area contributed by atoms with E-state index in [4.69, 9.17) is 0 Å². The quantitative estimate of drug-likeness (QED) is 0.873. The van der Waals surface area contributed by atoms with E-state index < -0.39 is 0 Å². The summed E-state index contributed by atoms with van der Waals surface area (Å²) >= 11 is 2.39. The summed E-state index contributed by atoms with van der Waals surface area (Å²) in [5.74, 6) is 0.0766. The number of anilines is 1. The van der Waals surface area contributed by atoms with Crippen LogP contribution in [0.1, 0.15) is 11.9 Å². The fourth-order valence-electron chi connectivity index (χ4n) is 1.21. The smallest absolute Gasteiger partial charge is 0.289 e. The Hall–Kier alpha value is -1.15. The maximum atomic E-state index is 11.3. The molecular weight excluding hydrogens is 248 g/mol. The number of hydrogen-bond acceptors (Lipinski definition) is 7. The fraction of sp³-hybridized carbons (Fsp3) is 0.500. The van der Waals surface area contributed by atoms with Crippen molar-refractivity contribution in [2.45, 2.75) is 13.5 Å². The van der Waals surface area contributed by atoms with Gasteiger partial charge in [-0.25, -0.2) is 0 Å². The molecule has 2 amide bonds. The lowest BCUT2D eigenvalue weighted by atomic mass is 10.5. The molecule has 0 unspecified atom stereocenters. The van der Waals surface area contributed by atoms with E-state index in [1.807, 2.05) is 6.92 Å². The second-order valence-corrected chi connectivity index (χ2v) is 5.05. The monoisotopic (exact) mass is 258 g/mol. The Morgan fingerprint density at radius 1 is 1.44 bits per heavy atom. The molecule has 1 aliphatic rings. The second-order valence-electron chi connectivity index (χ2n) is 3.07. The van der Waals surface area contributed by atoms with Gasteiger partial charge in [-0.3, -0.25) is 14.5 Å². The molecule has 8 heteroatoms. The van der Waals surface area contributed by atoms with Gasteiger partial charge >= 0.3 is 0 Å². The van der Waals surface area contributed by atoms with Gasteiger partial charge in [0.1, 0.15) is 5.01 Å². The lowest BCUT2D eigenvalue weighted by Crippen LogP contribution is -2.27. The van der Waals surface area contributed by atoms with Crippen LogP contribution in [-0.4, -0.2) is 38.5 Å². The number of imide groups is 1. The molecule has 2 rings (SSSR count). The van der Waals surface area contributed by atoms with Gasteiger partial charge in [0.15, 0.2) is 0 Å². The zero-order valence-corrected chi connectivity index (χ0v) is 10.2. The van der Waals surface area contributed by atoms with Gasteiger partial charge in [0.05, 0.1) is 12.3 Å². The molecule has 1 fully saturated rings. The molecule has 0 aliphatic carbocycles. The number of carbonyl (C=O) groups is 2. The minimum absolute atomic E-state index is 0.157. The molecule has 6 nitrogen and oxygen atoms in total. The summed E-state index contributed by atoms with van der Waals surface area (Å²) in [6, 6.07) is 0. The van der Waals surface area contributed by atoms with Crippen LogP contribution in [0.25, 0.3) is 0 Å². The first-order valence-corrected chi connectivity index (χ1v) is 6.54. The number of aromatic nitrogens is 2. The van der Waals surface area contributed by atoms with Gasteiger partial charge in [0.25, 0.3) is 5.24 Å². The Morgan fingerprint density at radius 2 is 2.25 bits per heavy atom. The Labute approximate surface area is 100 Å². The van der Waals surface area contributed by atoms with Gasteiger partial charge < -0.3 is 5.32 Å². The van der Waals surface area contributed by atoms with Gasteiger partial charge in [-0.15, -0.1) is 10.2 Å². The van der Waals surface area contributed by atoms with Crippen LogP contribution in [0.3, 0.4) is 0 Å². The van der Waals surface area contributed by atoms with Gasteiger partial charge in [0, 0.05) is 6.54 Å². The number of thioether (sulfide) groups is 1. The zero-order valence-electron chi connectivity index (χ0n) is 8.60. The van der Waals surface area contributed by atoms with Crippen molar-refractivity contribution < 1.29 is 9.59 Å². The second kappa shape index (κ2) is 4.79. The molecule has 0 saturated carbocycles. The highest BCUT2D eigenvalue weighted by molar-refractivity contribution is 8.14. The van der Waals surface area contributed by atoms with Crippen molar-refractivity contribution in [3.05, 3.63) is 5.01 Å². The first-order valence-electron chi connectivity index (χ1n) is 4.74. The van der Waals surface area contributed by atoms with E-state index in [9.17, 15) is 9.59 Å². The van der Waals surface area contributed by atoms with Crippen molar-refractivity contribution in [1.29, 1.82) is 0 Å². The summed E-state index contributed by atoms with van der Waals surface area (Å²) in [6.07, 6.45) is 0. The van der Waals surface area contributed by atoms with E-state index in [0.29, 0.717) is 10.1 Å². The Balaban J connectivity index is 2.02. The first-order chi connectivity index (χ1) is 7.70. The summed E-state index contributed by atoms with van der Waals surface area (Å²) in [4.78, 5) is 23.9. The van der Waals surface area contributed by atoms with Crippen LogP contribution in [-0.2, 0) is 11.3 Å². The minimum atomic E-state index is -0.204. The van der Waals surface area contributed by atoms with Crippen molar-refractivity contribution in [3.63, 3.8) is 0 Å². The maximum absolute atomic E-state index is 11.3. The number of amides is 2. The third-order valence-electron chi connectivity index (χ3n) is 1.93. The molecule has 0 spiro atoms. The summed E-state index contributed by atoms with van der Waals surface area (Å²) in [6.45, 7) is 2.96. The van der Waals surface area contributed by atoms with Crippen LogP contribution in [0.5, 0.6) is 0 Å². The predicted octanol–water partition coefficient (Wildman–Crippen LogP) is 1.17. The van der Waals surface area contributed by atoms with Gasteiger partial charge in [-0.05, 0) is 6.92 Å². The molecule has 0 aromatic carbocycles. The molecule has 1 aromatic heterocycles. The standard InChI is InChI=1S/C8H10N4O2S2/c1-2-9-7-11-10-5(16-7)3-12-6(13)4-15-8(12)14/h2-4H2,1H3,(H,9,11). The highest BCUT2D eigenvalue weighted by Crippen LogP contribution is 2.23. The number of carbonyl (C=O) groups excluding carboxylic acids is 2. The molecule has 0 atom stereocenters. The fourth-order valence-corrected chi connectivity index (χ4v) is 2.73. The number of rotatable bonds is 4. The van der Waals surface area contributed by atoms with Crippen molar-refractivity contribution in [1.82, 2.24) is 15.1 Å². The molecule has 86 valence electrons. The molecule has 1 saturated heterocycles. The average molecular weight is 258 g/mol. The normalized spacial score (nSPS) is 15.9. The zero-order chi connectivity index (χ0) is 11.5. The topological polar surface area (TPSA) is 75.2 Å². The SMILES string of the molecule is CCNc1nnc(CN2C(=O)CSC2=O)s1. The Bertz CT molecular complexity index is 404. The highest BCUT2D eigenvalue weighted by atomic mass is 32.2. The molecule has 16 heavy (non-hydrogen) atoms. The van der Waals surface area contributed by atoms with Gasteiger partial charge in [-0.1, -0.05) is 23.1 Å². The highest BCUT2D eigenvalue weighted by Gasteiger charge is 2.30. The van der Waals surface area contributed by atoms with Gasteiger partial charge in [-0.2, -0.15) is 0 Å². The minimum Gasteiger partial charge on any atom is -0.360 e. The lowest BCUT2D eigenvalue weighted by Gasteiger charge is -2.08. The van der Waals surface area contributed by atoms with E-state index in [1.54, 1.807) is 0 Å². The summed E-state index contributed by atoms with van der Waals surface area (Å²) in [5.41, 5.74) is 0. The molecule has 1 N–H and O–H groups in total. The molecule has 1 aliphatic heterocycles. The Morgan fingerprint density at radius 3 is 2.88 bits per heavy atom. The third-order valence-corrected chi connectivity index (χ3v) is 3.65. The van der Waals surface area contributed by atoms with E-state index in [1.165, 1.54) is 16.2 Å². The van der Waals surface area contributed by atoms with E-state index >= 15 is 0 Å². The number of nitrogens with zero attached hydrogens (tertiary/aromatic N) is 3. The molecule has 2 heterocycles. The molecule has 0 radical (unpaired) electrons. The van der Waals surface area contributed by atoms with Crippen LogP contribution in [0.2, 0.25) is 0 Å². The lowest BCUT2D eigenvalue weighted by molar-refractivity contribution is -0.125. The molecule has 0 bridgehead atoms. The van der Waals surface area contributed by atoms with Crippen LogP contribution < -0.4 is 5.32 Å². The molecular formula is C8H10N4O2S2. The Kier molecular flexibility index (Phi) is 3.39. The van der Waals surface area contributed by atoms with Gasteiger partial charge in [0.2, 0.25) is 11.0 Å². The van der Waals surface area contributed by atoms with Crippen molar-refractivity contribution in [2.24, 2.45) is 0 Å². The first kappa shape index (κ1) is 11.3. The van der Waals surface area contributed by atoms with E-state index in [2.05, 4.69) is 15.5 Å². The summed E-state index contributed by atoms with van der Waals surface area (Å²) in [7, 11) is 0. The van der Waals surface area contributed by atoms with Crippen molar-refractivity contribution >= 4 is 39.4 Å². The summed E-state index contributed by atoms with van der Waals surface area (Å²) in [5, 5.41) is 12.0. The molecule has 1 aromatic rings. The average Bonchev–Trinajstić information content (AvgIpc) is 2.81. The van der Waals surface area contributed by atoms with Crippen LogP contribution in [0.4, 0.5) is 9.93 Å². The predicted molar refractivity (Wildman–Crippen MR) is 62.5 cm³/mol. The van der Waals surface area contributed by atoms with Crippen molar-refractivity contribution in [2.75, 3.05) is 17.6 Å². The largest absolute Gasteiger partial charge is 0.360 e. The van der Waals surface area contributed by atoms with Crippen LogP contribution >= 0.6 is 23.1 Å². The summed E-state index contributed by atoms with van der Waals surface area (Å²) < 4.78 is 0. The van der Waals surface area contributed by atoms with E-state index in [0.717, 1.165) is 18.3 Å². The number of nitrogens with one attached hydrogen (secondary N) is 1. The van der Waals surface area contributed by atoms with Crippen molar-refractivity contribution in [3.8, 4) is 0 Å².